The SMILES string of the molecule is Cn1ccc(CCNC(=O)c2nc(Cl)ccc2Cl)n1. The second-order valence-corrected chi connectivity index (χ2v) is 4.75. The standard InChI is InChI=1S/C12H12Cl2N4O/c1-18-7-5-8(17-18)4-6-15-12(19)11-9(13)2-3-10(14)16-11/h2-3,5,7H,4,6H2,1H3,(H,15,19). The molecule has 0 atom stereocenters. The number of rotatable bonds is 4. The molecule has 100 valence electrons. The van der Waals surface area contributed by atoms with Gasteiger partial charge < -0.3 is 5.32 Å². The van der Waals surface area contributed by atoms with Crippen LogP contribution in [-0.2, 0) is 13.5 Å². The van der Waals surface area contributed by atoms with Crippen LogP contribution in [0.15, 0.2) is 24.4 Å². The van der Waals surface area contributed by atoms with Gasteiger partial charge in [0.1, 0.15) is 10.8 Å². The lowest BCUT2D eigenvalue weighted by Gasteiger charge is -2.05. The second-order valence-electron chi connectivity index (χ2n) is 3.95. The van der Waals surface area contributed by atoms with Crippen LogP contribution in [-0.4, -0.2) is 27.2 Å². The molecule has 5 nitrogen and oxygen atoms in total. The number of halogens is 2. The van der Waals surface area contributed by atoms with Crippen molar-refractivity contribution in [3.05, 3.63) is 46.0 Å². The number of nitrogens with zero attached hydrogens (tertiary/aromatic N) is 3. The fraction of sp³-hybridized carbons (Fsp3) is 0.250. The first kappa shape index (κ1) is 13.8. The molecule has 0 fully saturated rings. The molecule has 2 rings (SSSR count). The van der Waals surface area contributed by atoms with E-state index in [1.807, 2.05) is 19.3 Å². The summed E-state index contributed by atoms with van der Waals surface area (Å²) in [5.74, 6) is -0.344. The molecule has 0 radical (unpaired) electrons. The van der Waals surface area contributed by atoms with Gasteiger partial charge in [-0.2, -0.15) is 5.10 Å². The maximum absolute atomic E-state index is 11.9. The number of carbonyl (C=O) groups is 1. The van der Waals surface area contributed by atoms with E-state index in [0.717, 1.165) is 5.69 Å². The van der Waals surface area contributed by atoms with Crippen LogP contribution < -0.4 is 5.32 Å². The van der Waals surface area contributed by atoms with Crippen molar-refractivity contribution in [3.63, 3.8) is 0 Å². The van der Waals surface area contributed by atoms with Crippen molar-refractivity contribution < 1.29 is 4.79 Å². The highest BCUT2D eigenvalue weighted by molar-refractivity contribution is 6.34. The molecule has 2 aromatic rings. The van der Waals surface area contributed by atoms with Crippen LogP contribution in [0.5, 0.6) is 0 Å². The molecule has 1 N–H and O–H groups in total. The van der Waals surface area contributed by atoms with Crippen molar-refractivity contribution in [1.82, 2.24) is 20.1 Å². The first-order valence-corrected chi connectivity index (χ1v) is 6.40. The smallest absolute Gasteiger partial charge is 0.271 e. The van der Waals surface area contributed by atoms with Crippen LogP contribution in [0.2, 0.25) is 10.2 Å². The maximum Gasteiger partial charge on any atom is 0.271 e. The molecular formula is C12H12Cl2N4O. The Labute approximate surface area is 120 Å². The van der Waals surface area contributed by atoms with E-state index in [1.165, 1.54) is 6.07 Å². The van der Waals surface area contributed by atoms with Crippen LogP contribution in [0, 0.1) is 0 Å². The summed E-state index contributed by atoms with van der Waals surface area (Å²) in [4.78, 5) is 15.8. The summed E-state index contributed by atoms with van der Waals surface area (Å²) in [7, 11) is 1.84. The zero-order chi connectivity index (χ0) is 13.8. The minimum Gasteiger partial charge on any atom is -0.350 e. The first-order valence-electron chi connectivity index (χ1n) is 5.65. The largest absolute Gasteiger partial charge is 0.350 e. The number of aromatic nitrogens is 3. The third kappa shape index (κ3) is 3.68. The molecular weight excluding hydrogens is 287 g/mol. The van der Waals surface area contributed by atoms with Gasteiger partial charge in [-0.05, 0) is 18.2 Å². The Morgan fingerprint density at radius 2 is 2.16 bits per heavy atom. The zero-order valence-corrected chi connectivity index (χ0v) is 11.7. The van der Waals surface area contributed by atoms with Crippen molar-refractivity contribution in [2.75, 3.05) is 6.54 Å². The first-order chi connectivity index (χ1) is 9.06. The molecule has 0 bridgehead atoms. The van der Waals surface area contributed by atoms with E-state index in [9.17, 15) is 4.79 Å². The highest BCUT2D eigenvalue weighted by Crippen LogP contribution is 2.16. The van der Waals surface area contributed by atoms with Gasteiger partial charge in [0, 0.05) is 26.2 Å². The number of hydrogen-bond acceptors (Lipinski definition) is 3. The molecule has 1 amide bonds. The lowest BCUT2D eigenvalue weighted by Crippen LogP contribution is -2.27. The molecule has 0 aliphatic carbocycles. The van der Waals surface area contributed by atoms with Gasteiger partial charge in [0.25, 0.3) is 5.91 Å². The third-order valence-corrected chi connectivity index (χ3v) is 2.98. The zero-order valence-electron chi connectivity index (χ0n) is 10.2. The number of aryl methyl sites for hydroxylation is 1. The third-order valence-electron chi connectivity index (χ3n) is 2.46. The van der Waals surface area contributed by atoms with Crippen LogP contribution in [0.3, 0.4) is 0 Å². The molecule has 0 saturated heterocycles. The Bertz CT molecular complexity index is 597. The summed E-state index contributed by atoms with van der Waals surface area (Å²) in [5, 5.41) is 7.46. The van der Waals surface area contributed by atoms with Gasteiger partial charge in [0.05, 0.1) is 10.7 Å². The van der Waals surface area contributed by atoms with Gasteiger partial charge in [-0.3, -0.25) is 9.48 Å². The number of amides is 1. The van der Waals surface area contributed by atoms with E-state index in [-0.39, 0.29) is 21.8 Å². The van der Waals surface area contributed by atoms with Crippen LogP contribution in [0.25, 0.3) is 0 Å². The monoisotopic (exact) mass is 298 g/mol. The number of hydrogen-bond donors (Lipinski definition) is 1. The average molecular weight is 299 g/mol. The van der Waals surface area contributed by atoms with Crippen molar-refractivity contribution in [1.29, 1.82) is 0 Å². The number of pyridine rings is 1. The van der Waals surface area contributed by atoms with E-state index in [4.69, 9.17) is 23.2 Å². The molecule has 2 aromatic heterocycles. The summed E-state index contributed by atoms with van der Waals surface area (Å²) in [6.45, 7) is 0.459. The average Bonchev–Trinajstić information content (AvgIpc) is 2.78. The van der Waals surface area contributed by atoms with E-state index in [2.05, 4.69) is 15.4 Å². The Morgan fingerprint density at radius 3 is 2.84 bits per heavy atom. The highest BCUT2D eigenvalue weighted by atomic mass is 35.5. The number of nitrogens with one attached hydrogen (secondary N) is 1. The molecule has 0 aromatic carbocycles. The van der Waals surface area contributed by atoms with Gasteiger partial charge in [-0.1, -0.05) is 23.2 Å². The van der Waals surface area contributed by atoms with Crippen molar-refractivity contribution >= 4 is 29.1 Å². The van der Waals surface area contributed by atoms with E-state index < -0.39 is 0 Å². The molecule has 0 saturated carbocycles. The molecule has 7 heteroatoms. The number of carbonyl (C=O) groups excluding carboxylic acids is 1. The Kier molecular flexibility index (Phi) is 4.39. The van der Waals surface area contributed by atoms with Gasteiger partial charge in [0.2, 0.25) is 0 Å². The maximum atomic E-state index is 11.9. The minimum absolute atomic E-state index is 0.134. The van der Waals surface area contributed by atoms with Crippen molar-refractivity contribution in [2.45, 2.75) is 6.42 Å². The van der Waals surface area contributed by atoms with E-state index >= 15 is 0 Å². The summed E-state index contributed by atoms with van der Waals surface area (Å²) in [6.07, 6.45) is 2.50. The summed E-state index contributed by atoms with van der Waals surface area (Å²) >= 11 is 11.6. The van der Waals surface area contributed by atoms with Crippen LogP contribution in [0.4, 0.5) is 0 Å². The molecule has 19 heavy (non-hydrogen) atoms. The van der Waals surface area contributed by atoms with Crippen LogP contribution >= 0.6 is 23.2 Å². The fourth-order valence-electron chi connectivity index (χ4n) is 1.56. The second kappa shape index (κ2) is 6.04. The predicted molar refractivity (Wildman–Crippen MR) is 73.5 cm³/mol. The van der Waals surface area contributed by atoms with E-state index in [0.29, 0.717) is 13.0 Å². The molecule has 0 aliphatic heterocycles. The quantitative estimate of drug-likeness (QED) is 0.879. The summed E-state index contributed by atoms with van der Waals surface area (Å²) < 4.78 is 1.71. The van der Waals surface area contributed by atoms with Gasteiger partial charge >= 0.3 is 0 Å². The lowest BCUT2D eigenvalue weighted by atomic mass is 10.3. The summed E-state index contributed by atoms with van der Waals surface area (Å²) in [5.41, 5.74) is 1.04. The lowest BCUT2D eigenvalue weighted by molar-refractivity contribution is 0.0949. The van der Waals surface area contributed by atoms with Crippen molar-refractivity contribution in [3.8, 4) is 0 Å². The molecule has 0 unspecified atom stereocenters. The topological polar surface area (TPSA) is 59.8 Å². The van der Waals surface area contributed by atoms with Gasteiger partial charge in [0.15, 0.2) is 0 Å². The highest BCUT2D eigenvalue weighted by Gasteiger charge is 2.12. The summed E-state index contributed by atoms with van der Waals surface area (Å²) in [6, 6.07) is 4.98. The van der Waals surface area contributed by atoms with Gasteiger partial charge in [-0.15, -0.1) is 0 Å². The molecule has 0 spiro atoms. The van der Waals surface area contributed by atoms with Gasteiger partial charge in [-0.25, -0.2) is 4.98 Å². The van der Waals surface area contributed by atoms with Crippen molar-refractivity contribution in [2.24, 2.45) is 7.05 Å². The Hall–Kier alpha value is -1.59. The fourth-order valence-corrected chi connectivity index (χ4v) is 1.90. The molecule has 2 heterocycles. The van der Waals surface area contributed by atoms with E-state index in [1.54, 1.807) is 10.7 Å². The Morgan fingerprint density at radius 1 is 1.37 bits per heavy atom. The van der Waals surface area contributed by atoms with Crippen LogP contribution in [0.1, 0.15) is 16.2 Å². The normalized spacial score (nSPS) is 10.5. The minimum atomic E-state index is -0.344. The molecule has 0 aliphatic rings. The predicted octanol–water partition coefficient (Wildman–Crippen LogP) is 2.09. The Balaban J connectivity index is 1.92.